The van der Waals surface area contributed by atoms with E-state index in [9.17, 15) is 15.0 Å². The summed E-state index contributed by atoms with van der Waals surface area (Å²) in [6, 6.07) is 8.23. The molecule has 5 atom stereocenters. The molecule has 2 fully saturated rings. The number of aryl methyl sites for hydroxylation is 1. The molecule has 5 nitrogen and oxygen atoms in total. The summed E-state index contributed by atoms with van der Waals surface area (Å²) in [6.07, 6.45) is 10.2. The van der Waals surface area contributed by atoms with E-state index < -0.39 is 6.10 Å². The highest BCUT2D eigenvalue weighted by atomic mass is 16.5. The third-order valence-corrected chi connectivity index (χ3v) is 7.29. The second-order valence-electron chi connectivity index (χ2n) is 9.73. The molecule has 0 aromatic heterocycles. The number of aliphatic hydroxyl groups is 2. The topological polar surface area (TPSA) is 70.0 Å². The quantitative estimate of drug-likeness (QED) is 0.609. The molecule has 32 heavy (non-hydrogen) atoms. The van der Waals surface area contributed by atoms with E-state index in [0.717, 1.165) is 31.2 Å². The van der Waals surface area contributed by atoms with Gasteiger partial charge in [0, 0.05) is 31.8 Å². The van der Waals surface area contributed by atoms with E-state index in [1.165, 1.54) is 11.1 Å². The minimum absolute atomic E-state index is 0.0934. The minimum Gasteiger partial charge on any atom is -0.392 e. The highest BCUT2D eigenvalue weighted by Crippen LogP contribution is 2.48. The number of ether oxygens (including phenoxy) is 1. The summed E-state index contributed by atoms with van der Waals surface area (Å²) in [6.45, 7) is 4.79. The number of amides is 1. The summed E-state index contributed by atoms with van der Waals surface area (Å²) in [5, 5.41) is 21.1. The van der Waals surface area contributed by atoms with Gasteiger partial charge < -0.3 is 19.8 Å². The zero-order valence-corrected chi connectivity index (χ0v) is 19.2. The van der Waals surface area contributed by atoms with Crippen LogP contribution in [0.15, 0.2) is 48.1 Å². The van der Waals surface area contributed by atoms with Crippen LogP contribution in [0, 0.1) is 24.7 Å². The summed E-state index contributed by atoms with van der Waals surface area (Å²) >= 11 is 0. The Morgan fingerprint density at radius 3 is 2.91 bits per heavy atom. The summed E-state index contributed by atoms with van der Waals surface area (Å²) < 4.78 is 5.32. The predicted molar refractivity (Wildman–Crippen MR) is 125 cm³/mol. The fourth-order valence-electron chi connectivity index (χ4n) is 5.63. The predicted octanol–water partition coefficient (Wildman–Crippen LogP) is 3.43. The van der Waals surface area contributed by atoms with Crippen LogP contribution in [-0.4, -0.2) is 59.5 Å². The molecule has 1 aliphatic heterocycles. The maximum absolute atomic E-state index is 12.3. The van der Waals surface area contributed by atoms with E-state index in [1.807, 2.05) is 23.1 Å². The lowest BCUT2D eigenvalue weighted by atomic mass is 9.88. The number of aliphatic hydroxyl groups excluding tert-OH is 2. The van der Waals surface area contributed by atoms with Crippen LogP contribution in [-0.2, 0) is 16.0 Å². The van der Waals surface area contributed by atoms with Gasteiger partial charge in [0.15, 0.2) is 0 Å². The highest BCUT2D eigenvalue weighted by Gasteiger charge is 2.43. The van der Waals surface area contributed by atoms with Crippen LogP contribution in [0.5, 0.6) is 0 Å². The van der Waals surface area contributed by atoms with Gasteiger partial charge in [-0.25, -0.2) is 0 Å². The van der Waals surface area contributed by atoms with Gasteiger partial charge in [-0.3, -0.25) is 4.79 Å². The Hall–Kier alpha value is -1.95. The minimum atomic E-state index is -0.539. The molecule has 1 saturated carbocycles. The van der Waals surface area contributed by atoms with Crippen LogP contribution in [0.2, 0.25) is 0 Å². The van der Waals surface area contributed by atoms with Crippen molar-refractivity contribution in [2.45, 2.75) is 57.7 Å². The fourth-order valence-corrected chi connectivity index (χ4v) is 5.63. The van der Waals surface area contributed by atoms with E-state index >= 15 is 0 Å². The molecule has 1 heterocycles. The first-order chi connectivity index (χ1) is 15.5. The molecule has 1 aromatic rings. The molecule has 1 saturated heterocycles. The molecular formula is C27H37NO4. The Morgan fingerprint density at radius 1 is 1.31 bits per heavy atom. The smallest absolute Gasteiger partial charge is 0.222 e. The Bertz CT molecular complexity index is 842. The maximum atomic E-state index is 12.3. The van der Waals surface area contributed by atoms with Crippen molar-refractivity contribution in [1.82, 2.24) is 4.90 Å². The molecule has 3 aliphatic rings. The van der Waals surface area contributed by atoms with Crippen LogP contribution < -0.4 is 0 Å². The molecule has 1 amide bonds. The Labute approximate surface area is 191 Å². The molecule has 1 aromatic carbocycles. The summed E-state index contributed by atoms with van der Waals surface area (Å²) in [5.41, 5.74) is 3.76. The molecule has 0 spiro atoms. The molecule has 0 bridgehead atoms. The van der Waals surface area contributed by atoms with Crippen LogP contribution in [0.1, 0.15) is 43.2 Å². The van der Waals surface area contributed by atoms with E-state index in [0.29, 0.717) is 51.0 Å². The third kappa shape index (κ3) is 5.89. The van der Waals surface area contributed by atoms with Crippen LogP contribution in [0.25, 0.3) is 0 Å². The molecular weight excluding hydrogens is 402 g/mol. The number of rotatable bonds is 8. The largest absolute Gasteiger partial charge is 0.392 e. The van der Waals surface area contributed by atoms with Crippen molar-refractivity contribution >= 4 is 5.91 Å². The maximum Gasteiger partial charge on any atom is 0.222 e. The average molecular weight is 440 g/mol. The number of carbonyl (C=O) groups excluding carboxylic acids is 1. The highest BCUT2D eigenvalue weighted by molar-refractivity contribution is 5.76. The van der Waals surface area contributed by atoms with Gasteiger partial charge in [0.2, 0.25) is 5.91 Å². The first kappa shape index (κ1) is 23.2. The molecule has 5 heteroatoms. The Kier molecular flexibility index (Phi) is 7.82. The standard InChI is InChI=1S/C27H37NO4/c1-19-4-2-5-20(14-19)16-23(29)8-9-24-25-17-21(15-22(25)18-26(24)30)6-3-7-27(31)28-10-12-32-13-11-28/h2,4-5,8-9,14-15,22-26,29-30H,3,6-7,10-13,16-18H2,1H3/t22-,23+,24+,25-,26+/m0/s1. The van der Waals surface area contributed by atoms with E-state index in [-0.39, 0.29) is 17.9 Å². The third-order valence-electron chi connectivity index (χ3n) is 7.29. The molecule has 2 aliphatic carbocycles. The Morgan fingerprint density at radius 2 is 2.12 bits per heavy atom. The number of carbonyl (C=O) groups is 1. The number of hydrogen-bond acceptors (Lipinski definition) is 4. The SMILES string of the molecule is Cc1cccc(C[C@H](O)C=C[C@@H]2[C@H]3CC(CCCC(=O)N4CCOCC4)=C[C@H]3C[C@H]2O)c1. The van der Waals surface area contributed by atoms with Crippen molar-refractivity contribution in [3.8, 4) is 0 Å². The first-order valence-electron chi connectivity index (χ1n) is 12.1. The lowest BCUT2D eigenvalue weighted by Crippen LogP contribution is -2.40. The van der Waals surface area contributed by atoms with Gasteiger partial charge >= 0.3 is 0 Å². The monoisotopic (exact) mass is 439 g/mol. The lowest BCUT2D eigenvalue weighted by molar-refractivity contribution is -0.135. The van der Waals surface area contributed by atoms with Crippen LogP contribution in [0.3, 0.4) is 0 Å². The Balaban J connectivity index is 1.24. The van der Waals surface area contributed by atoms with Crippen LogP contribution in [0.4, 0.5) is 0 Å². The van der Waals surface area contributed by atoms with Crippen molar-refractivity contribution in [2.75, 3.05) is 26.3 Å². The van der Waals surface area contributed by atoms with Crippen LogP contribution >= 0.6 is 0 Å². The van der Waals surface area contributed by atoms with E-state index in [2.05, 4.69) is 31.2 Å². The van der Waals surface area contributed by atoms with Crippen molar-refractivity contribution in [3.05, 3.63) is 59.2 Å². The van der Waals surface area contributed by atoms with Gasteiger partial charge in [-0.1, -0.05) is 53.6 Å². The first-order valence-corrected chi connectivity index (χ1v) is 12.1. The van der Waals surface area contributed by atoms with Crippen molar-refractivity contribution in [3.63, 3.8) is 0 Å². The summed E-state index contributed by atoms with van der Waals surface area (Å²) in [7, 11) is 0. The van der Waals surface area contributed by atoms with Gasteiger partial charge in [-0.15, -0.1) is 0 Å². The molecule has 174 valence electrons. The zero-order chi connectivity index (χ0) is 22.5. The van der Waals surface area contributed by atoms with E-state index in [1.54, 1.807) is 0 Å². The summed E-state index contributed by atoms with van der Waals surface area (Å²) in [4.78, 5) is 14.3. The van der Waals surface area contributed by atoms with Crippen molar-refractivity contribution in [2.24, 2.45) is 17.8 Å². The number of morpholine rings is 1. The second kappa shape index (κ2) is 10.8. The van der Waals surface area contributed by atoms with Gasteiger partial charge in [-0.2, -0.15) is 0 Å². The van der Waals surface area contributed by atoms with E-state index in [4.69, 9.17) is 4.74 Å². The van der Waals surface area contributed by atoms with Crippen molar-refractivity contribution in [1.29, 1.82) is 0 Å². The fraction of sp³-hybridized carbons (Fsp3) is 0.593. The van der Waals surface area contributed by atoms with Gasteiger partial charge in [0.25, 0.3) is 0 Å². The normalized spacial score (nSPS) is 28.7. The molecule has 4 rings (SSSR count). The van der Waals surface area contributed by atoms with Gasteiger partial charge in [0.1, 0.15) is 0 Å². The molecule has 0 radical (unpaired) electrons. The number of hydrogen-bond donors (Lipinski definition) is 2. The van der Waals surface area contributed by atoms with Gasteiger partial charge in [-0.05, 0) is 50.0 Å². The zero-order valence-electron chi connectivity index (χ0n) is 19.2. The van der Waals surface area contributed by atoms with Crippen molar-refractivity contribution < 1.29 is 19.7 Å². The van der Waals surface area contributed by atoms with Gasteiger partial charge in [0.05, 0.1) is 25.4 Å². The molecule has 0 unspecified atom stereocenters. The second-order valence-corrected chi connectivity index (χ2v) is 9.73. The average Bonchev–Trinajstić information content (AvgIpc) is 3.29. The number of nitrogens with zero attached hydrogens (tertiary/aromatic N) is 1. The number of allylic oxidation sites excluding steroid dienone is 2. The number of fused-ring (bicyclic) bond motifs is 1. The molecule has 2 N–H and O–H groups in total. The summed E-state index contributed by atoms with van der Waals surface area (Å²) in [5.74, 6) is 1.16. The number of benzene rings is 1. The lowest BCUT2D eigenvalue weighted by Gasteiger charge is -2.26.